The largest absolute Gasteiger partial charge is 0.486 e. The van der Waals surface area contributed by atoms with Gasteiger partial charge in [-0.15, -0.1) is 0 Å². The third kappa shape index (κ3) is 2.63. The second kappa shape index (κ2) is 4.71. The van der Waals surface area contributed by atoms with Crippen LogP contribution in [0.4, 0.5) is 5.69 Å². The molecule has 112 valence electrons. The predicted octanol–water partition coefficient (Wildman–Crippen LogP) is 2.97. The van der Waals surface area contributed by atoms with Gasteiger partial charge in [0.15, 0.2) is 0 Å². The molecule has 0 bridgehead atoms. The van der Waals surface area contributed by atoms with Crippen molar-refractivity contribution in [3.63, 3.8) is 0 Å². The standard InChI is InChI=1S/C14H16N2O3S2/c1-9-11(8-20-15-9)16-21(17,18)12-6-4-5-10-7-14(2,3)19-13(10)12/h4-6,8,16H,7H2,1-3H3. The maximum atomic E-state index is 12.6. The first kappa shape index (κ1) is 14.3. The van der Waals surface area contributed by atoms with Gasteiger partial charge in [-0.1, -0.05) is 12.1 Å². The average Bonchev–Trinajstić information content (AvgIpc) is 2.90. The van der Waals surface area contributed by atoms with Crippen LogP contribution in [0.1, 0.15) is 25.1 Å². The fourth-order valence-corrected chi connectivity index (χ4v) is 4.39. The molecular formula is C14H16N2O3S2. The van der Waals surface area contributed by atoms with Crippen molar-refractivity contribution < 1.29 is 13.2 Å². The zero-order chi connectivity index (χ0) is 15.3. The van der Waals surface area contributed by atoms with Gasteiger partial charge in [-0.05, 0) is 43.9 Å². The van der Waals surface area contributed by atoms with Crippen molar-refractivity contribution in [3.8, 4) is 5.75 Å². The average molecular weight is 324 g/mol. The molecule has 0 spiro atoms. The van der Waals surface area contributed by atoms with Gasteiger partial charge < -0.3 is 4.74 Å². The highest BCUT2D eigenvalue weighted by atomic mass is 32.2. The smallest absolute Gasteiger partial charge is 0.265 e. The van der Waals surface area contributed by atoms with Crippen LogP contribution in [0.5, 0.6) is 5.75 Å². The fourth-order valence-electron chi connectivity index (χ4n) is 2.39. The maximum Gasteiger partial charge on any atom is 0.265 e. The molecule has 1 aliphatic rings. The number of anilines is 1. The second-order valence-electron chi connectivity index (χ2n) is 5.70. The Hall–Kier alpha value is -1.60. The zero-order valence-electron chi connectivity index (χ0n) is 12.0. The minimum atomic E-state index is -3.69. The number of hydrogen-bond donors (Lipinski definition) is 1. The van der Waals surface area contributed by atoms with E-state index >= 15 is 0 Å². The van der Waals surface area contributed by atoms with Crippen molar-refractivity contribution in [3.05, 3.63) is 34.8 Å². The van der Waals surface area contributed by atoms with Crippen LogP contribution >= 0.6 is 11.5 Å². The molecule has 1 aliphatic heterocycles. The molecule has 0 atom stereocenters. The summed E-state index contributed by atoms with van der Waals surface area (Å²) >= 11 is 1.22. The number of ether oxygens (including phenoxy) is 1. The van der Waals surface area contributed by atoms with E-state index in [0.717, 1.165) is 5.56 Å². The van der Waals surface area contributed by atoms with E-state index in [1.165, 1.54) is 11.5 Å². The maximum absolute atomic E-state index is 12.6. The summed E-state index contributed by atoms with van der Waals surface area (Å²) in [4.78, 5) is 0.177. The van der Waals surface area contributed by atoms with Gasteiger partial charge in [0.25, 0.3) is 10.0 Å². The monoisotopic (exact) mass is 324 g/mol. The van der Waals surface area contributed by atoms with Crippen molar-refractivity contribution >= 4 is 27.2 Å². The lowest BCUT2D eigenvalue weighted by Gasteiger charge is -2.18. The number of aromatic nitrogens is 1. The number of nitrogens with one attached hydrogen (secondary N) is 1. The van der Waals surface area contributed by atoms with E-state index in [0.29, 0.717) is 23.6 Å². The first-order valence-corrected chi connectivity index (χ1v) is 8.85. The van der Waals surface area contributed by atoms with Crippen molar-refractivity contribution in [2.75, 3.05) is 4.72 Å². The topological polar surface area (TPSA) is 68.3 Å². The quantitative estimate of drug-likeness (QED) is 0.942. The number of rotatable bonds is 3. The molecule has 0 radical (unpaired) electrons. The van der Waals surface area contributed by atoms with Crippen LogP contribution < -0.4 is 9.46 Å². The van der Waals surface area contributed by atoms with E-state index < -0.39 is 10.0 Å². The molecule has 0 amide bonds. The molecule has 5 nitrogen and oxygen atoms in total. The lowest BCUT2D eigenvalue weighted by Crippen LogP contribution is -2.25. The summed E-state index contributed by atoms with van der Waals surface area (Å²) in [5.74, 6) is 0.454. The van der Waals surface area contributed by atoms with Gasteiger partial charge in [-0.3, -0.25) is 4.72 Å². The van der Waals surface area contributed by atoms with E-state index in [4.69, 9.17) is 4.74 Å². The number of para-hydroxylation sites is 1. The van der Waals surface area contributed by atoms with Gasteiger partial charge >= 0.3 is 0 Å². The highest BCUT2D eigenvalue weighted by Crippen LogP contribution is 2.40. The van der Waals surface area contributed by atoms with E-state index in [1.54, 1.807) is 24.4 Å². The van der Waals surface area contributed by atoms with Gasteiger partial charge in [0, 0.05) is 11.8 Å². The lowest BCUT2D eigenvalue weighted by atomic mass is 10.0. The summed E-state index contributed by atoms with van der Waals surface area (Å²) < 4.78 is 37.7. The van der Waals surface area contributed by atoms with Crippen molar-refractivity contribution in [2.45, 2.75) is 37.7 Å². The molecule has 1 aromatic heterocycles. The number of hydrogen-bond acceptors (Lipinski definition) is 5. The van der Waals surface area contributed by atoms with Crippen LogP contribution in [0, 0.1) is 6.92 Å². The fraction of sp³-hybridized carbons (Fsp3) is 0.357. The molecule has 2 aromatic rings. The first-order valence-electron chi connectivity index (χ1n) is 6.53. The minimum absolute atomic E-state index is 0.177. The highest BCUT2D eigenvalue weighted by molar-refractivity contribution is 7.92. The second-order valence-corrected chi connectivity index (χ2v) is 7.98. The van der Waals surface area contributed by atoms with E-state index in [9.17, 15) is 8.42 Å². The van der Waals surface area contributed by atoms with Crippen molar-refractivity contribution in [1.82, 2.24) is 4.37 Å². The van der Waals surface area contributed by atoms with Crippen LogP contribution in [-0.2, 0) is 16.4 Å². The van der Waals surface area contributed by atoms with Gasteiger partial charge in [0.2, 0.25) is 0 Å². The Kier molecular flexibility index (Phi) is 3.22. The highest BCUT2D eigenvalue weighted by Gasteiger charge is 2.35. The third-order valence-electron chi connectivity index (χ3n) is 3.34. The summed E-state index contributed by atoms with van der Waals surface area (Å²) in [6.45, 7) is 5.66. The molecule has 21 heavy (non-hydrogen) atoms. The molecular weight excluding hydrogens is 308 g/mol. The van der Waals surface area contributed by atoms with Gasteiger partial charge in [0.05, 0.1) is 11.4 Å². The molecule has 2 heterocycles. The summed E-state index contributed by atoms with van der Waals surface area (Å²) in [6, 6.07) is 5.22. The normalized spacial score (nSPS) is 16.3. The van der Waals surface area contributed by atoms with E-state index in [1.807, 2.05) is 19.9 Å². The van der Waals surface area contributed by atoms with Crippen LogP contribution in [0.25, 0.3) is 0 Å². The van der Waals surface area contributed by atoms with Gasteiger partial charge in [-0.25, -0.2) is 8.42 Å². The molecule has 1 aromatic carbocycles. The Labute approximate surface area is 128 Å². The number of aryl methyl sites for hydroxylation is 1. The zero-order valence-corrected chi connectivity index (χ0v) is 13.6. The Morgan fingerprint density at radius 1 is 1.38 bits per heavy atom. The molecule has 0 saturated heterocycles. The molecule has 7 heteroatoms. The van der Waals surface area contributed by atoms with Gasteiger partial charge in [-0.2, -0.15) is 4.37 Å². The molecule has 0 aliphatic carbocycles. The Morgan fingerprint density at radius 2 is 2.14 bits per heavy atom. The number of benzene rings is 1. The van der Waals surface area contributed by atoms with E-state index in [-0.39, 0.29) is 10.5 Å². The number of nitrogens with zero attached hydrogens (tertiary/aromatic N) is 1. The molecule has 3 rings (SSSR count). The van der Waals surface area contributed by atoms with E-state index in [2.05, 4.69) is 9.10 Å². The van der Waals surface area contributed by atoms with Crippen LogP contribution in [-0.4, -0.2) is 18.4 Å². The number of sulfonamides is 1. The molecule has 0 saturated carbocycles. The van der Waals surface area contributed by atoms with Crippen LogP contribution in [0.2, 0.25) is 0 Å². The summed E-state index contributed by atoms with van der Waals surface area (Å²) in [5.41, 5.74) is 1.71. The molecule has 1 N–H and O–H groups in total. The molecule has 0 fully saturated rings. The van der Waals surface area contributed by atoms with Crippen LogP contribution in [0.15, 0.2) is 28.5 Å². The SMILES string of the molecule is Cc1nscc1NS(=O)(=O)c1cccc2c1OC(C)(C)C2. The molecule has 0 unspecified atom stereocenters. The third-order valence-corrected chi connectivity index (χ3v) is 5.45. The Bertz CT molecular complexity index is 794. The Balaban J connectivity index is 2.02. The summed E-state index contributed by atoms with van der Waals surface area (Å²) in [6.07, 6.45) is 0.699. The number of fused-ring (bicyclic) bond motifs is 1. The Morgan fingerprint density at radius 3 is 2.81 bits per heavy atom. The van der Waals surface area contributed by atoms with Gasteiger partial charge in [0.1, 0.15) is 16.2 Å². The van der Waals surface area contributed by atoms with Crippen molar-refractivity contribution in [2.24, 2.45) is 0 Å². The summed E-state index contributed by atoms with van der Waals surface area (Å²) in [5, 5.41) is 1.68. The first-order chi connectivity index (χ1) is 9.78. The lowest BCUT2D eigenvalue weighted by molar-refractivity contribution is 0.135. The van der Waals surface area contributed by atoms with Crippen molar-refractivity contribution in [1.29, 1.82) is 0 Å². The van der Waals surface area contributed by atoms with Crippen LogP contribution in [0.3, 0.4) is 0 Å². The summed E-state index contributed by atoms with van der Waals surface area (Å²) in [7, 11) is -3.69. The minimum Gasteiger partial charge on any atom is -0.486 e. The predicted molar refractivity (Wildman–Crippen MR) is 82.5 cm³/mol.